The lowest BCUT2D eigenvalue weighted by molar-refractivity contribution is -0.153. The molecule has 0 aromatic heterocycles. The van der Waals surface area contributed by atoms with Crippen molar-refractivity contribution in [1.29, 1.82) is 0 Å². The van der Waals surface area contributed by atoms with Gasteiger partial charge in [0.25, 0.3) is 0 Å². The number of carbonyl (C=O) groups excluding carboxylic acids is 2. The van der Waals surface area contributed by atoms with Gasteiger partial charge in [0.2, 0.25) is 11.8 Å². The van der Waals surface area contributed by atoms with Crippen LogP contribution in [0.25, 0.3) is 0 Å². The minimum atomic E-state index is -1.13. The van der Waals surface area contributed by atoms with Gasteiger partial charge in [0.15, 0.2) is 0 Å². The van der Waals surface area contributed by atoms with E-state index in [-0.39, 0.29) is 18.2 Å². The molecule has 0 saturated carbocycles. The van der Waals surface area contributed by atoms with Gasteiger partial charge in [0.05, 0.1) is 5.41 Å². The van der Waals surface area contributed by atoms with Crippen molar-refractivity contribution in [3.05, 3.63) is 0 Å². The van der Waals surface area contributed by atoms with Gasteiger partial charge in [0.1, 0.15) is 6.04 Å². The first kappa shape index (κ1) is 17.4. The molecule has 0 aromatic rings. The molecule has 0 aliphatic heterocycles. The van der Waals surface area contributed by atoms with E-state index in [2.05, 4.69) is 10.6 Å². The molecule has 3 N–H and O–H groups in total. The van der Waals surface area contributed by atoms with E-state index < -0.39 is 23.3 Å². The lowest BCUT2D eigenvalue weighted by Gasteiger charge is -2.28. The van der Waals surface area contributed by atoms with E-state index in [0.717, 1.165) is 0 Å². The zero-order valence-electron chi connectivity index (χ0n) is 12.2. The third-order valence-electron chi connectivity index (χ3n) is 3.41. The van der Waals surface area contributed by atoms with Gasteiger partial charge in [-0.15, -0.1) is 0 Å². The Morgan fingerprint density at radius 1 is 1.21 bits per heavy atom. The molecule has 0 bridgehead atoms. The van der Waals surface area contributed by atoms with E-state index in [1.807, 2.05) is 0 Å². The van der Waals surface area contributed by atoms with E-state index in [1.165, 1.54) is 6.92 Å². The summed E-state index contributed by atoms with van der Waals surface area (Å²) in [5, 5.41) is 14.3. The number of aliphatic carboxylic acids is 1. The van der Waals surface area contributed by atoms with Crippen molar-refractivity contribution in [2.75, 3.05) is 6.54 Å². The van der Waals surface area contributed by atoms with Crippen LogP contribution in [0.4, 0.5) is 0 Å². The zero-order chi connectivity index (χ0) is 15.2. The molecule has 2 atom stereocenters. The van der Waals surface area contributed by atoms with Gasteiger partial charge in [-0.25, -0.2) is 0 Å². The van der Waals surface area contributed by atoms with Crippen LogP contribution in [-0.4, -0.2) is 35.5 Å². The van der Waals surface area contributed by atoms with Crippen LogP contribution < -0.4 is 10.6 Å². The topological polar surface area (TPSA) is 95.5 Å². The lowest BCUT2D eigenvalue weighted by atomic mass is 9.76. The average Bonchev–Trinajstić information content (AvgIpc) is 2.28. The van der Waals surface area contributed by atoms with Gasteiger partial charge in [0, 0.05) is 13.0 Å². The first-order valence-electron chi connectivity index (χ1n) is 6.45. The molecule has 0 aliphatic rings. The Bertz CT molecular complexity index is 355. The fourth-order valence-corrected chi connectivity index (χ4v) is 1.55. The number of carbonyl (C=O) groups is 3. The zero-order valence-corrected chi connectivity index (χ0v) is 12.2. The van der Waals surface area contributed by atoms with E-state index in [9.17, 15) is 19.5 Å². The number of hydrogen-bond donors (Lipinski definition) is 3. The van der Waals surface area contributed by atoms with Crippen LogP contribution in [0.3, 0.4) is 0 Å². The summed E-state index contributed by atoms with van der Waals surface area (Å²) >= 11 is 0. The summed E-state index contributed by atoms with van der Waals surface area (Å²) in [6.45, 7) is 8.89. The third kappa shape index (κ3) is 4.89. The number of rotatable bonds is 7. The fraction of sp³-hybridized carbons (Fsp3) is 0.769. The second-order valence-electron chi connectivity index (χ2n) is 5.24. The van der Waals surface area contributed by atoms with Gasteiger partial charge in [-0.05, 0) is 26.7 Å². The maximum Gasteiger partial charge on any atom is 0.310 e. The molecule has 0 saturated heterocycles. The van der Waals surface area contributed by atoms with Crippen LogP contribution in [0.1, 0.15) is 41.0 Å². The minimum absolute atomic E-state index is 0.149. The standard InChI is InChI=1S/C13H24N2O4/c1-6-14-11(17)9(4)15-10(16)7-13(5,8(2)3)12(18)19/h8-9H,6-7H2,1-5H3,(H,14,17)(H,15,16)(H,18,19). The molecule has 0 fully saturated rings. The maximum absolute atomic E-state index is 11.8. The number of carboxylic acids is 1. The first-order chi connectivity index (χ1) is 8.65. The van der Waals surface area contributed by atoms with Crippen molar-refractivity contribution in [2.24, 2.45) is 11.3 Å². The summed E-state index contributed by atoms with van der Waals surface area (Å²) in [7, 11) is 0. The fourth-order valence-electron chi connectivity index (χ4n) is 1.55. The molecular formula is C13H24N2O4. The lowest BCUT2D eigenvalue weighted by Crippen LogP contribution is -2.47. The number of carboxylic acid groups (broad SMARTS) is 1. The van der Waals surface area contributed by atoms with Crippen molar-refractivity contribution in [1.82, 2.24) is 10.6 Å². The summed E-state index contributed by atoms with van der Waals surface area (Å²) in [5.74, 6) is -1.91. The molecule has 0 rings (SSSR count). The van der Waals surface area contributed by atoms with Crippen LogP contribution in [0.15, 0.2) is 0 Å². The van der Waals surface area contributed by atoms with E-state index in [1.54, 1.807) is 27.7 Å². The Morgan fingerprint density at radius 2 is 1.74 bits per heavy atom. The summed E-state index contributed by atoms with van der Waals surface area (Å²) in [6, 6.07) is -0.669. The van der Waals surface area contributed by atoms with Crippen LogP contribution in [0.2, 0.25) is 0 Å². The first-order valence-corrected chi connectivity index (χ1v) is 6.45. The van der Waals surface area contributed by atoms with Crippen molar-refractivity contribution in [3.8, 4) is 0 Å². The van der Waals surface area contributed by atoms with E-state index in [0.29, 0.717) is 6.54 Å². The van der Waals surface area contributed by atoms with Crippen molar-refractivity contribution in [2.45, 2.75) is 47.1 Å². The SMILES string of the molecule is CCNC(=O)C(C)NC(=O)CC(C)(C(=O)O)C(C)C. The van der Waals surface area contributed by atoms with E-state index >= 15 is 0 Å². The molecule has 0 heterocycles. The Hall–Kier alpha value is -1.59. The van der Waals surface area contributed by atoms with Gasteiger partial charge < -0.3 is 15.7 Å². The second-order valence-corrected chi connectivity index (χ2v) is 5.24. The van der Waals surface area contributed by atoms with Gasteiger partial charge >= 0.3 is 5.97 Å². The molecule has 6 nitrogen and oxygen atoms in total. The molecule has 0 radical (unpaired) electrons. The van der Waals surface area contributed by atoms with Gasteiger partial charge in [-0.2, -0.15) is 0 Å². The molecule has 2 amide bonds. The highest BCUT2D eigenvalue weighted by molar-refractivity contribution is 5.89. The molecular weight excluding hydrogens is 248 g/mol. The highest BCUT2D eigenvalue weighted by Crippen LogP contribution is 2.31. The van der Waals surface area contributed by atoms with Crippen LogP contribution in [0, 0.1) is 11.3 Å². The summed E-state index contributed by atoms with van der Waals surface area (Å²) < 4.78 is 0. The molecule has 2 unspecified atom stereocenters. The van der Waals surface area contributed by atoms with E-state index in [4.69, 9.17) is 0 Å². The monoisotopic (exact) mass is 272 g/mol. The number of nitrogens with one attached hydrogen (secondary N) is 2. The van der Waals surface area contributed by atoms with Crippen molar-refractivity contribution < 1.29 is 19.5 Å². The molecule has 0 aliphatic carbocycles. The maximum atomic E-state index is 11.8. The summed E-state index contributed by atoms with van der Waals surface area (Å²) in [4.78, 5) is 34.6. The third-order valence-corrected chi connectivity index (χ3v) is 3.41. The molecule has 6 heteroatoms. The number of amides is 2. The number of hydrogen-bond acceptors (Lipinski definition) is 3. The molecule has 19 heavy (non-hydrogen) atoms. The van der Waals surface area contributed by atoms with Crippen LogP contribution in [-0.2, 0) is 14.4 Å². The Morgan fingerprint density at radius 3 is 2.11 bits per heavy atom. The normalized spacial score (nSPS) is 15.5. The quantitative estimate of drug-likeness (QED) is 0.637. The predicted octanol–water partition coefficient (Wildman–Crippen LogP) is 0.764. The summed E-state index contributed by atoms with van der Waals surface area (Å²) in [6.07, 6.45) is -0.149. The molecule has 0 aromatic carbocycles. The van der Waals surface area contributed by atoms with Crippen molar-refractivity contribution >= 4 is 17.8 Å². The largest absolute Gasteiger partial charge is 0.481 e. The average molecular weight is 272 g/mol. The minimum Gasteiger partial charge on any atom is -0.481 e. The van der Waals surface area contributed by atoms with Crippen LogP contribution in [0.5, 0.6) is 0 Å². The highest BCUT2D eigenvalue weighted by atomic mass is 16.4. The molecule has 110 valence electrons. The smallest absolute Gasteiger partial charge is 0.310 e. The van der Waals surface area contributed by atoms with Crippen molar-refractivity contribution in [3.63, 3.8) is 0 Å². The Balaban J connectivity index is 4.61. The Kier molecular flexibility index (Phi) is 6.52. The summed E-state index contributed by atoms with van der Waals surface area (Å²) in [5.41, 5.74) is -1.13. The van der Waals surface area contributed by atoms with Crippen LogP contribution >= 0.6 is 0 Å². The highest BCUT2D eigenvalue weighted by Gasteiger charge is 2.39. The predicted molar refractivity (Wildman–Crippen MR) is 71.5 cm³/mol. The molecule has 0 spiro atoms. The second kappa shape index (κ2) is 7.11. The van der Waals surface area contributed by atoms with Gasteiger partial charge in [-0.3, -0.25) is 14.4 Å². The van der Waals surface area contributed by atoms with Gasteiger partial charge in [-0.1, -0.05) is 13.8 Å². The number of likely N-dealkylation sites (N-methyl/N-ethyl adjacent to an activating group) is 1. The Labute approximate surface area is 113 Å².